The average Bonchev–Trinajstić information content (AvgIpc) is 3.10. The molecule has 4 rings (SSSR count). The molecule has 1 aliphatic heterocycles. The summed E-state index contributed by atoms with van der Waals surface area (Å²) in [4.78, 5) is 2.52. The Labute approximate surface area is 166 Å². The van der Waals surface area contributed by atoms with Gasteiger partial charge in [-0.2, -0.15) is 9.40 Å². The highest BCUT2D eigenvalue weighted by molar-refractivity contribution is 7.89. The van der Waals surface area contributed by atoms with Gasteiger partial charge in [-0.15, -0.1) is 0 Å². The van der Waals surface area contributed by atoms with E-state index in [4.69, 9.17) is 0 Å². The molecule has 146 valence electrons. The zero-order valence-corrected chi connectivity index (χ0v) is 16.7. The van der Waals surface area contributed by atoms with E-state index in [0.717, 1.165) is 11.3 Å². The fraction of sp³-hybridized carbons (Fsp3) is 0.286. The van der Waals surface area contributed by atoms with Crippen molar-refractivity contribution in [1.82, 2.24) is 14.1 Å². The molecule has 0 N–H and O–H groups in total. The van der Waals surface area contributed by atoms with Crippen LogP contribution in [0, 0.1) is 6.92 Å². The zero-order chi connectivity index (χ0) is 19.6. The van der Waals surface area contributed by atoms with Crippen molar-refractivity contribution in [3.8, 4) is 0 Å². The van der Waals surface area contributed by atoms with Crippen molar-refractivity contribution in [3.63, 3.8) is 0 Å². The Morgan fingerprint density at radius 3 is 2.14 bits per heavy atom. The van der Waals surface area contributed by atoms with Gasteiger partial charge in [0.2, 0.25) is 10.0 Å². The first-order valence-corrected chi connectivity index (χ1v) is 10.9. The molecule has 1 saturated heterocycles. The quantitative estimate of drug-likeness (QED) is 0.665. The van der Waals surface area contributed by atoms with E-state index in [-0.39, 0.29) is 0 Å². The average molecular weight is 397 g/mol. The van der Waals surface area contributed by atoms with Crippen molar-refractivity contribution in [2.45, 2.75) is 18.4 Å². The van der Waals surface area contributed by atoms with Gasteiger partial charge in [0.1, 0.15) is 4.90 Å². The number of anilines is 1. The molecule has 0 saturated carbocycles. The highest BCUT2D eigenvalue weighted by atomic mass is 32.2. The Kier molecular flexibility index (Phi) is 5.19. The van der Waals surface area contributed by atoms with Crippen molar-refractivity contribution < 1.29 is 8.42 Å². The molecule has 0 bridgehead atoms. The largest absolute Gasteiger partial charge is 0.369 e. The Morgan fingerprint density at radius 2 is 1.50 bits per heavy atom. The molecule has 3 aromatic rings. The first-order valence-electron chi connectivity index (χ1n) is 9.42. The monoisotopic (exact) mass is 396 g/mol. The Bertz CT molecular complexity index is 1020. The van der Waals surface area contributed by atoms with Crippen LogP contribution in [-0.4, -0.2) is 48.7 Å². The number of sulfonamides is 1. The highest BCUT2D eigenvalue weighted by Gasteiger charge is 2.31. The van der Waals surface area contributed by atoms with Gasteiger partial charge in [0.15, 0.2) is 0 Å². The topological polar surface area (TPSA) is 58.4 Å². The van der Waals surface area contributed by atoms with Gasteiger partial charge in [-0.05, 0) is 24.6 Å². The fourth-order valence-electron chi connectivity index (χ4n) is 3.57. The molecule has 2 aromatic carbocycles. The Balaban J connectivity index is 1.48. The molecule has 0 unspecified atom stereocenters. The van der Waals surface area contributed by atoms with Crippen LogP contribution in [-0.2, 0) is 16.6 Å². The first-order chi connectivity index (χ1) is 13.5. The third-order valence-corrected chi connectivity index (χ3v) is 7.07. The van der Waals surface area contributed by atoms with Crippen molar-refractivity contribution in [1.29, 1.82) is 0 Å². The van der Waals surface area contributed by atoms with E-state index in [1.54, 1.807) is 22.1 Å². The maximum absolute atomic E-state index is 13.2. The highest BCUT2D eigenvalue weighted by Crippen LogP contribution is 2.23. The number of rotatable bonds is 5. The van der Waals surface area contributed by atoms with Gasteiger partial charge < -0.3 is 4.90 Å². The second-order valence-corrected chi connectivity index (χ2v) is 8.89. The Morgan fingerprint density at radius 1 is 0.893 bits per heavy atom. The maximum atomic E-state index is 13.2. The summed E-state index contributed by atoms with van der Waals surface area (Å²) in [6, 6.07) is 20.0. The summed E-state index contributed by atoms with van der Waals surface area (Å²) in [5.41, 5.74) is 2.76. The number of hydrogen-bond acceptors (Lipinski definition) is 4. The van der Waals surface area contributed by atoms with Gasteiger partial charge in [-0.25, -0.2) is 8.42 Å². The molecule has 6 nitrogen and oxygen atoms in total. The van der Waals surface area contributed by atoms with Crippen LogP contribution in [0.3, 0.4) is 0 Å². The smallest absolute Gasteiger partial charge is 0.246 e. The van der Waals surface area contributed by atoms with Gasteiger partial charge in [0, 0.05) is 38.1 Å². The van der Waals surface area contributed by atoms with Gasteiger partial charge >= 0.3 is 0 Å². The molecule has 28 heavy (non-hydrogen) atoms. The number of piperazine rings is 1. The second kappa shape index (κ2) is 7.77. The summed E-state index contributed by atoms with van der Waals surface area (Å²) in [6.07, 6.45) is 1.65. The molecule has 1 aliphatic rings. The predicted octanol–water partition coefficient (Wildman–Crippen LogP) is 2.75. The van der Waals surface area contributed by atoms with Crippen LogP contribution in [0.25, 0.3) is 0 Å². The fourth-order valence-corrected chi connectivity index (χ4v) is 5.16. The van der Waals surface area contributed by atoms with Crippen LogP contribution in [0.4, 0.5) is 5.69 Å². The lowest BCUT2D eigenvalue weighted by Gasteiger charge is -2.35. The zero-order valence-electron chi connectivity index (χ0n) is 15.9. The van der Waals surface area contributed by atoms with E-state index < -0.39 is 10.0 Å². The lowest BCUT2D eigenvalue weighted by Crippen LogP contribution is -2.48. The Hall–Kier alpha value is -2.64. The van der Waals surface area contributed by atoms with Crippen LogP contribution in [0.15, 0.2) is 71.8 Å². The van der Waals surface area contributed by atoms with E-state index in [1.807, 2.05) is 48.5 Å². The molecule has 0 spiro atoms. The second-order valence-electron chi connectivity index (χ2n) is 6.99. The van der Waals surface area contributed by atoms with E-state index in [9.17, 15) is 8.42 Å². The molecule has 7 heteroatoms. The minimum absolute atomic E-state index is 0.302. The number of nitrogens with zero attached hydrogens (tertiary/aromatic N) is 4. The van der Waals surface area contributed by atoms with Crippen molar-refractivity contribution in [2.75, 3.05) is 31.1 Å². The lowest BCUT2D eigenvalue weighted by atomic mass is 10.2. The van der Waals surface area contributed by atoms with E-state index >= 15 is 0 Å². The number of hydrogen-bond donors (Lipinski definition) is 0. The van der Waals surface area contributed by atoms with Gasteiger partial charge in [0.25, 0.3) is 0 Å². The minimum atomic E-state index is -3.55. The summed E-state index contributed by atoms with van der Waals surface area (Å²) >= 11 is 0. The van der Waals surface area contributed by atoms with Crippen molar-refractivity contribution in [3.05, 3.63) is 78.1 Å². The molecular formula is C21H24N4O2S. The predicted molar refractivity (Wildman–Crippen MR) is 110 cm³/mol. The van der Waals surface area contributed by atoms with Crippen molar-refractivity contribution in [2.24, 2.45) is 0 Å². The molecule has 0 amide bonds. The van der Waals surface area contributed by atoms with E-state index in [0.29, 0.717) is 43.3 Å². The lowest BCUT2D eigenvalue weighted by molar-refractivity contribution is 0.384. The maximum Gasteiger partial charge on any atom is 0.246 e. The summed E-state index contributed by atoms with van der Waals surface area (Å²) in [5.74, 6) is 0. The summed E-state index contributed by atoms with van der Waals surface area (Å²) in [7, 11) is -3.55. The van der Waals surface area contributed by atoms with E-state index in [2.05, 4.69) is 22.1 Å². The van der Waals surface area contributed by atoms with Gasteiger partial charge in [-0.3, -0.25) is 4.68 Å². The minimum Gasteiger partial charge on any atom is -0.369 e. The molecular weight excluding hydrogens is 372 g/mol. The molecule has 0 radical (unpaired) electrons. The summed E-state index contributed by atoms with van der Waals surface area (Å²) in [5, 5.41) is 4.43. The molecule has 1 aromatic heterocycles. The standard InChI is InChI=1S/C21H24N4O2S/c1-18-21(17-24(22-18)16-19-8-4-2-5-9-19)28(26,27)25-14-12-23(13-15-25)20-10-6-3-7-11-20/h2-11,17H,12-16H2,1H3. The third-order valence-electron chi connectivity index (χ3n) is 5.07. The normalized spacial score (nSPS) is 15.7. The van der Waals surface area contributed by atoms with Crippen LogP contribution in [0.1, 0.15) is 11.3 Å². The first kappa shape index (κ1) is 18.7. The SMILES string of the molecule is Cc1nn(Cc2ccccc2)cc1S(=O)(=O)N1CCN(c2ccccc2)CC1. The van der Waals surface area contributed by atoms with Crippen LogP contribution < -0.4 is 4.90 Å². The van der Waals surface area contributed by atoms with Crippen molar-refractivity contribution >= 4 is 15.7 Å². The number of para-hydroxylation sites is 1. The third kappa shape index (κ3) is 3.81. The van der Waals surface area contributed by atoms with Crippen LogP contribution in [0.2, 0.25) is 0 Å². The van der Waals surface area contributed by atoms with Crippen LogP contribution in [0.5, 0.6) is 0 Å². The molecule has 2 heterocycles. The molecule has 0 aliphatic carbocycles. The number of aryl methyl sites for hydroxylation is 1. The summed E-state index contributed by atoms with van der Waals surface area (Å²) in [6.45, 7) is 4.62. The van der Waals surface area contributed by atoms with Gasteiger partial charge in [-0.1, -0.05) is 48.5 Å². The summed E-state index contributed by atoms with van der Waals surface area (Å²) < 4.78 is 29.6. The molecule has 0 atom stereocenters. The molecule has 1 fully saturated rings. The van der Waals surface area contributed by atoms with Crippen LogP contribution >= 0.6 is 0 Å². The number of aromatic nitrogens is 2. The number of benzene rings is 2. The van der Waals surface area contributed by atoms with E-state index in [1.165, 1.54) is 0 Å². The van der Waals surface area contributed by atoms with Gasteiger partial charge in [0.05, 0.1) is 12.2 Å².